The van der Waals surface area contributed by atoms with Gasteiger partial charge in [0.2, 0.25) is 0 Å². The van der Waals surface area contributed by atoms with Crippen LogP contribution in [0.25, 0.3) is 10.9 Å². The Morgan fingerprint density at radius 1 is 1.17 bits per heavy atom. The second kappa shape index (κ2) is 6.44. The largest absolute Gasteiger partial charge is 0.380 e. The molecule has 1 atom stereocenters. The minimum atomic E-state index is 0.454. The summed E-state index contributed by atoms with van der Waals surface area (Å²) in [6, 6.07) is 17.5. The predicted molar refractivity (Wildman–Crippen MR) is 105 cm³/mol. The summed E-state index contributed by atoms with van der Waals surface area (Å²) < 4.78 is 1.04. The molecule has 0 spiro atoms. The van der Waals surface area contributed by atoms with Gasteiger partial charge in [-0.2, -0.15) is 0 Å². The maximum absolute atomic E-state index is 4.49. The van der Waals surface area contributed by atoms with Crippen LogP contribution in [-0.2, 0) is 0 Å². The van der Waals surface area contributed by atoms with E-state index in [9.17, 15) is 0 Å². The molecule has 0 amide bonds. The first-order chi connectivity index (χ1) is 11.7. The molecular formula is C20H20BrN3. The zero-order valence-corrected chi connectivity index (χ0v) is 15.3. The number of aromatic nitrogens is 1. The molecule has 2 heterocycles. The summed E-state index contributed by atoms with van der Waals surface area (Å²) in [6.07, 6.45) is 3.02. The van der Waals surface area contributed by atoms with Crippen molar-refractivity contribution in [1.82, 2.24) is 4.98 Å². The number of benzene rings is 2. The SMILES string of the molecule is Cc1cccc(N2CCC(Nc3ccnc4c(Br)cccc34)C2)c1. The molecule has 1 aliphatic rings. The number of hydrogen-bond donors (Lipinski definition) is 1. The van der Waals surface area contributed by atoms with Gasteiger partial charge in [0.05, 0.1) is 5.52 Å². The maximum Gasteiger partial charge on any atom is 0.0864 e. The smallest absolute Gasteiger partial charge is 0.0864 e. The molecule has 4 heteroatoms. The zero-order chi connectivity index (χ0) is 16.5. The van der Waals surface area contributed by atoms with Gasteiger partial charge in [-0.05, 0) is 59.1 Å². The van der Waals surface area contributed by atoms with E-state index in [0.717, 1.165) is 35.2 Å². The van der Waals surface area contributed by atoms with Crippen molar-refractivity contribution in [3.8, 4) is 0 Å². The van der Waals surface area contributed by atoms with Crippen LogP contribution in [0.1, 0.15) is 12.0 Å². The Kier molecular flexibility index (Phi) is 4.15. The van der Waals surface area contributed by atoms with Crippen LogP contribution in [0.4, 0.5) is 11.4 Å². The minimum Gasteiger partial charge on any atom is -0.380 e. The second-order valence-electron chi connectivity index (χ2n) is 6.41. The van der Waals surface area contributed by atoms with Gasteiger partial charge in [0.15, 0.2) is 0 Å². The number of fused-ring (bicyclic) bond motifs is 1. The van der Waals surface area contributed by atoms with Crippen molar-refractivity contribution in [3.63, 3.8) is 0 Å². The fourth-order valence-corrected chi connectivity index (χ4v) is 3.89. The van der Waals surface area contributed by atoms with Crippen molar-refractivity contribution in [1.29, 1.82) is 0 Å². The van der Waals surface area contributed by atoms with Crippen LogP contribution in [0, 0.1) is 6.92 Å². The third-order valence-electron chi connectivity index (χ3n) is 4.64. The normalized spacial score (nSPS) is 17.4. The molecule has 0 bridgehead atoms. The van der Waals surface area contributed by atoms with Gasteiger partial charge in [-0.25, -0.2) is 0 Å². The lowest BCUT2D eigenvalue weighted by atomic mass is 10.1. The van der Waals surface area contributed by atoms with Crippen LogP contribution in [0.3, 0.4) is 0 Å². The van der Waals surface area contributed by atoms with E-state index in [2.05, 4.69) is 80.5 Å². The highest BCUT2D eigenvalue weighted by Crippen LogP contribution is 2.29. The molecule has 3 aromatic rings. The molecule has 4 rings (SSSR count). The van der Waals surface area contributed by atoms with Gasteiger partial charge < -0.3 is 10.2 Å². The van der Waals surface area contributed by atoms with E-state index in [4.69, 9.17) is 0 Å². The van der Waals surface area contributed by atoms with Crippen molar-refractivity contribution >= 4 is 38.2 Å². The lowest BCUT2D eigenvalue weighted by Crippen LogP contribution is -2.26. The molecule has 1 aliphatic heterocycles. The standard InChI is InChI=1S/C20H20BrN3/c1-14-4-2-5-16(12-14)24-11-9-15(13-24)23-19-8-10-22-20-17(19)6-3-7-18(20)21/h2-8,10,12,15H,9,11,13H2,1H3,(H,22,23). The molecule has 0 aliphatic carbocycles. The van der Waals surface area contributed by atoms with Gasteiger partial charge in [0.25, 0.3) is 0 Å². The predicted octanol–water partition coefficient (Wildman–Crippen LogP) is 5.00. The fraction of sp³-hybridized carbons (Fsp3) is 0.250. The van der Waals surface area contributed by atoms with E-state index in [1.54, 1.807) is 0 Å². The first-order valence-electron chi connectivity index (χ1n) is 8.32. The number of hydrogen-bond acceptors (Lipinski definition) is 3. The Bertz CT molecular complexity index is 878. The number of nitrogens with one attached hydrogen (secondary N) is 1. The molecule has 1 aromatic heterocycles. The molecule has 2 aromatic carbocycles. The first kappa shape index (κ1) is 15.5. The van der Waals surface area contributed by atoms with Crippen LogP contribution >= 0.6 is 15.9 Å². The number of pyridine rings is 1. The average molecular weight is 382 g/mol. The third-order valence-corrected chi connectivity index (χ3v) is 5.28. The number of para-hydroxylation sites is 1. The molecule has 24 heavy (non-hydrogen) atoms. The molecule has 0 radical (unpaired) electrons. The highest BCUT2D eigenvalue weighted by atomic mass is 79.9. The number of aryl methyl sites for hydroxylation is 1. The van der Waals surface area contributed by atoms with Crippen LogP contribution in [0.15, 0.2) is 59.2 Å². The van der Waals surface area contributed by atoms with Crippen molar-refractivity contribution in [2.75, 3.05) is 23.3 Å². The van der Waals surface area contributed by atoms with Gasteiger partial charge in [-0.1, -0.05) is 24.3 Å². The van der Waals surface area contributed by atoms with Crippen molar-refractivity contribution < 1.29 is 0 Å². The molecule has 3 nitrogen and oxygen atoms in total. The van der Waals surface area contributed by atoms with Crippen LogP contribution < -0.4 is 10.2 Å². The van der Waals surface area contributed by atoms with Crippen molar-refractivity contribution in [3.05, 3.63) is 64.8 Å². The fourth-order valence-electron chi connectivity index (χ4n) is 3.42. The van der Waals surface area contributed by atoms with Crippen LogP contribution in [0.2, 0.25) is 0 Å². The summed E-state index contributed by atoms with van der Waals surface area (Å²) in [6.45, 7) is 4.27. The van der Waals surface area contributed by atoms with Gasteiger partial charge in [0, 0.05) is 46.6 Å². The Morgan fingerprint density at radius 3 is 2.92 bits per heavy atom. The molecule has 1 fully saturated rings. The minimum absolute atomic E-state index is 0.454. The molecule has 1 unspecified atom stereocenters. The molecule has 0 saturated carbocycles. The Morgan fingerprint density at radius 2 is 2.04 bits per heavy atom. The average Bonchev–Trinajstić information content (AvgIpc) is 3.05. The van der Waals surface area contributed by atoms with Gasteiger partial charge in [-0.15, -0.1) is 0 Å². The topological polar surface area (TPSA) is 28.2 Å². The number of anilines is 2. The van der Waals surface area contributed by atoms with Crippen molar-refractivity contribution in [2.24, 2.45) is 0 Å². The van der Waals surface area contributed by atoms with E-state index in [1.807, 2.05) is 12.3 Å². The van der Waals surface area contributed by atoms with Crippen LogP contribution in [-0.4, -0.2) is 24.1 Å². The number of nitrogens with zero attached hydrogens (tertiary/aromatic N) is 2. The van der Waals surface area contributed by atoms with E-state index in [-0.39, 0.29) is 0 Å². The highest BCUT2D eigenvalue weighted by Gasteiger charge is 2.23. The molecule has 1 saturated heterocycles. The number of rotatable bonds is 3. The number of halogens is 1. The maximum atomic E-state index is 4.49. The monoisotopic (exact) mass is 381 g/mol. The van der Waals surface area contributed by atoms with Gasteiger partial charge >= 0.3 is 0 Å². The van der Waals surface area contributed by atoms with Gasteiger partial charge in [0.1, 0.15) is 0 Å². The summed E-state index contributed by atoms with van der Waals surface area (Å²) in [4.78, 5) is 6.95. The summed E-state index contributed by atoms with van der Waals surface area (Å²) in [7, 11) is 0. The quantitative estimate of drug-likeness (QED) is 0.691. The summed E-state index contributed by atoms with van der Waals surface area (Å²) in [5.74, 6) is 0. The van der Waals surface area contributed by atoms with Crippen LogP contribution in [0.5, 0.6) is 0 Å². The first-order valence-corrected chi connectivity index (χ1v) is 9.11. The summed E-state index contributed by atoms with van der Waals surface area (Å²) in [5.41, 5.74) is 4.81. The molecular weight excluding hydrogens is 362 g/mol. The Balaban J connectivity index is 1.54. The summed E-state index contributed by atoms with van der Waals surface area (Å²) >= 11 is 3.59. The zero-order valence-electron chi connectivity index (χ0n) is 13.7. The summed E-state index contributed by atoms with van der Waals surface area (Å²) in [5, 5.41) is 4.89. The van der Waals surface area contributed by atoms with E-state index in [0.29, 0.717) is 6.04 Å². The van der Waals surface area contributed by atoms with E-state index in [1.165, 1.54) is 16.6 Å². The highest BCUT2D eigenvalue weighted by molar-refractivity contribution is 9.10. The molecule has 1 N–H and O–H groups in total. The van der Waals surface area contributed by atoms with E-state index >= 15 is 0 Å². The third kappa shape index (κ3) is 2.98. The second-order valence-corrected chi connectivity index (χ2v) is 7.26. The van der Waals surface area contributed by atoms with Gasteiger partial charge in [-0.3, -0.25) is 4.98 Å². The lowest BCUT2D eigenvalue weighted by molar-refractivity contribution is 0.808. The lowest BCUT2D eigenvalue weighted by Gasteiger charge is -2.20. The Hall–Kier alpha value is -2.07. The molecule has 122 valence electrons. The Labute approximate surface area is 150 Å². The van der Waals surface area contributed by atoms with Crippen molar-refractivity contribution in [2.45, 2.75) is 19.4 Å². The van der Waals surface area contributed by atoms with E-state index < -0.39 is 0 Å².